The Hall–Kier alpha value is -1.63. The molecule has 0 radical (unpaired) electrons. The molecule has 1 saturated heterocycles. The molecular formula is C16H23FN2O3S. The number of piperidine rings is 1. The van der Waals surface area contributed by atoms with Crippen molar-refractivity contribution in [1.82, 2.24) is 5.32 Å². The van der Waals surface area contributed by atoms with Gasteiger partial charge in [0.15, 0.2) is 9.84 Å². The fourth-order valence-corrected chi connectivity index (χ4v) is 3.10. The maximum Gasteiger partial charge on any atom is 0.238 e. The molecule has 1 atom stereocenters. The van der Waals surface area contributed by atoms with Gasteiger partial charge in [0, 0.05) is 25.4 Å². The fourth-order valence-electron chi connectivity index (χ4n) is 2.64. The van der Waals surface area contributed by atoms with Crippen molar-refractivity contribution < 1.29 is 17.6 Å². The number of carbonyl (C=O) groups is 1. The van der Waals surface area contributed by atoms with Gasteiger partial charge in [-0.15, -0.1) is 0 Å². The van der Waals surface area contributed by atoms with Crippen LogP contribution in [-0.4, -0.2) is 45.0 Å². The minimum atomic E-state index is -3.39. The third kappa shape index (κ3) is 4.43. The zero-order valence-electron chi connectivity index (χ0n) is 13.7. The first-order valence-corrected chi connectivity index (χ1v) is 9.64. The van der Waals surface area contributed by atoms with E-state index in [2.05, 4.69) is 5.32 Å². The van der Waals surface area contributed by atoms with E-state index >= 15 is 0 Å². The second-order valence-corrected chi connectivity index (χ2v) is 8.56. The number of benzene rings is 1. The van der Waals surface area contributed by atoms with E-state index in [4.69, 9.17) is 0 Å². The minimum Gasteiger partial charge on any atom is -0.369 e. The molecule has 5 nitrogen and oxygen atoms in total. The quantitative estimate of drug-likeness (QED) is 0.904. The Balaban J connectivity index is 1.94. The molecule has 2 rings (SSSR count). The van der Waals surface area contributed by atoms with Gasteiger partial charge >= 0.3 is 0 Å². The standard InChI is InChI=1S/C16H23FN2O3S/c1-11-4-5-14(17)15(10-11)19-8-6-13(7-9-19)18-16(20)12(2)23(3,21)22/h4-5,10,12-13H,6-9H2,1-3H3,(H,18,20)/t12-/m1/s1. The number of amides is 1. The third-order valence-corrected chi connectivity index (χ3v) is 5.79. The molecule has 7 heteroatoms. The van der Waals surface area contributed by atoms with Gasteiger partial charge in [-0.05, 0) is 44.4 Å². The highest BCUT2D eigenvalue weighted by Gasteiger charge is 2.28. The molecule has 1 aromatic carbocycles. The lowest BCUT2D eigenvalue weighted by molar-refractivity contribution is -0.121. The molecule has 1 heterocycles. The summed E-state index contributed by atoms with van der Waals surface area (Å²) in [5.74, 6) is -0.712. The first kappa shape index (κ1) is 17.7. The molecule has 0 aliphatic carbocycles. The summed E-state index contributed by atoms with van der Waals surface area (Å²) in [4.78, 5) is 13.9. The van der Waals surface area contributed by atoms with E-state index in [9.17, 15) is 17.6 Å². The summed E-state index contributed by atoms with van der Waals surface area (Å²) < 4.78 is 36.7. The zero-order chi connectivity index (χ0) is 17.2. The molecule has 0 aromatic heterocycles. The van der Waals surface area contributed by atoms with Crippen LogP contribution < -0.4 is 10.2 Å². The number of nitrogens with one attached hydrogen (secondary N) is 1. The van der Waals surface area contributed by atoms with E-state index < -0.39 is 21.0 Å². The van der Waals surface area contributed by atoms with Crippen LogP contribution in [0.3, 0.4) is 0 Å². The van der Waals surface area contributed by atoms with Crippen molar-refractivity contribution in [2.75, 3.05) is 24.2 Å². The van der Waals surface area contributed by atoms with Crippen LogP contribution >= 0.6 is 0 Å². The molecule has 23 heavy (non-hydrogen) atoms. The van der Waals surface area contributed by atoms with Crippen LogP contribution in [0.1, 0.15) is 25.3 Å². The zero-order valence-corrected chi connectivity index (χ0v) is 14.5. The Kier molecular flexibility index (Phi) is 5.29. The van der Waals surface area contributed by atoms with Crippen molar-refractivity contribution in [1.29, 1.82) is 0 Å². The van der Waals surface area contributed by atoms with Crippen LogP contribution in [0.15, 0.2) is 18.2 Å². The Bertz CT molecular complexity index is 683. The number of nitrogens with zero attached hydrogens (tertiary/aromatic N) is 1. The SMILES string of the molecule is Cc1ccc(F)c(N2CCC(NC(=O)[C@@H](C)S(C)(=O)=O)CC2)c1. The number of rotatable bonds is 4. The molecule has 1 aliphatic heterocycles. The molecular weight excluding hydrogens is 319 g/mol. The van der Waals surface area contributed by atoms with Crippen LogP contribution in [0, 0.1) is 12.7 Å². The highest BCUT2D eigenvalue weighted by atomic mass is 32.2. The Morgan fingerprint density at radius 3 is 2.52 bits per heavy atom. The summed E-state index contributed by atoms with van der Waals surface area (Å²) in [7, 11) is -3.39. The van der Waals surface area contributed by atoms with Crippen LogP contribution in [-0.2, 0) is 14.6 Å². The lowest BCUT2D eigenvalue weighted by Crippen LogP contribution is -2.48. The highest BCUT2D eigenvalue weighted by molar-refractivity contribution is 7.92. The Morgan fingerprint density at radius 1 is 1.35 bits per heavy atom. The monoisotopic (exact) mass is 342 g/mol. The van der Waals surface area contributed by atoms with E-state index in [1.54, 1.807) is 6.07 Å². The molecule has 1 amide bonds. The maximum absolute atomic E-state index is 13.9. The van der Waals surface area contributed by atoms with Crippen molar-refractivity contribution in [3.63, 3.8) is 0 Å². The molecule has 0 saturated carbocycles. The number of hydrogen-bond donors (Lipinski definition) is 1. The number of sulfone groups is 1. The summed E-state index contributed by atoms with van der Waals surface area (Å²) in [6.45, 7) is 4.56. The van der Waals surface area contributed by atoms with Gasteiger partial charge in [-0.3, -0.25) is 4.79 Å². The molecule has 1 N–H and O–H groups in total. The van der Waals surface area contributed by atoms with Gasteiger partial charge in [0.05, 0.1) is 5.69 Å². The molecule has 0 bridgehead atoms. The largest absolute Gasteiger partial charge is 0.369 e. The van der Waals surface area contributed by atoms with E-state index in [0.717, 1.165) is 11.8 Å². The van der Waals surface area contributed by atoms with Crippen molar-refractivity contribution in [3.05, 3.63) is 29.6 Å². The second kappa shape index (κ2) is 6.86. The van der Waals surface area contributed by atoms with Crippen LogP contribution in [0.5, 0.6) is 0 Å². The van der Waals surface area contributed by atoms with Gasteiger partial charge in [0.25, 0.3) is 0 Å². The van der Waals surface area contributed by atoms with E-state index in [0.29, 0.717) is 31.6 Å². The lowest BCUT2D eigenvalue weighted by atomic mass is 10.0. The fraction of sp³-hybridized carbons (Fsp3) is 0.562. The third-order valence-electron chi connectivity index (χ3n) is 4.30. The molecule has 1 aromatic rings. The highest BCUT2D eigenvalue weighted by Crippen LogP contribution is 2.24. The molecule has 1 aliphatic rings. The van der Waals surface area contributed by atoms with E-state index in [-0.39, 0.29) is 11.9 Å². The average molecular weight is 342 g/mol. The summed E-state index contributed by atoms with van der Waals surface area (Å²) in [6, 6.07) is 4.95. The van der Waals surface area contributed by atoms with Crippen LogP contribution in [0.25, 0.3) is 0 Å². The minimum absolute atomic E-state index is 0.0733. The smallest absolute Gasteiger partial charge is 0.238 e. The van der Waals surface area contributed by atoms with Gasteiger partial charge in [0.2, 0.25) is 5.91 Å². The van der Waals surface area contributed by atoms with E-state index in [1.165, 1.54) is 13.0 Å². The first-order valence-electron chi connectivity index (χ1n) is 7.69. The first-order chi connectivity index (χ1) is 10.7. The Morgan fingerprint density at radius 2 is 1.96 bits per heavy atom. The number of hydrogen-bond acceptors (Lipinski definition) is 4. The molecule has 1 fully saturated rings. The summed E-state index contributed by atoms with van der Waals surface area (Å²) >= 11 is 0. The van der Waals surface area contributed by atoms with Crippen LogP contribution in [0.2, 0.25) is 0 Å². The van der Waals surface area contributed by atoms with Gasteiger partial charge in [-0.1, -0.05) is 6.07 Å². The molecule has 128 valence electrons. The van der Waals surface area contributed by atoms with Gasteiger partial charge in [0.1, 0.15) is 11.1 Å². The topological polar surface area (TPSA) is 66.5 Å². The van der Waals surface area contributed by atoms with Crippen molar-refractivity contribution >= 4 is 21.4 Å². The summed E-state index contributed by atoms with van der Waals surface area (Å²) in [5, 5.41) is 1.74. The summed E-state index contributed by atoms with van der Waals surface area (Å²) in [6.07, 6.45) is 2.38. The van der Waals surface area contributed by atoms with Crippen molar-refractivity contribution in [2.45, 2.75) is 38.0 Å². The number of carbonyl (C=O) groups excluding carboxylic acids is 1. The second-order valence-electron chi connectivity index (χ2n) is 6.20. The van der Waals surface area contributed by atoms with Crippen LogP contribution in [0.4, 0.5) is 10.1 Å². The maximum atomic E-state index is 13.9. The number of halogens is 1. The van der Waals surface area contributed by atoms with Crippen molar-refractivity contribution in [2.24, 2.45) is 0 Å². The number of anilines is 1. The predicted molar refractivity (Wildman–Crippen MR) is 88.8 cm³/mol. The Labute approximate surface area is 136 Å². The molecule has 0 unspecified atom stereocenters. The predicted octanol–water partition coefficient (Wildman–Crippen LogP) is 1.65. The van der Waals surface area contributed by atoms with Crippen molar-refractivity contribution in [3.8, 4) is 0 Å². The van der Waals surface area contributed by atoms with Gasteiger partial charge < -0.3 is 10.2 Å². The number of aryl methyl sites for hydroxylation is 1. The normalized spacial score (nSPS) is 17.8. The van der Waals surface area contributed by atoms with Gasteiger partial charge in [-0.25, -0.2) is 12.8 Å². The summed E-state index contributed by atoms with van der Waals surface area (Å²) in [5.41, 5.74) is 1.58. The van der Waals surface area contributed by atoms with Gasteiger partial charge in [-0.2, -0.15) is 0 Å². The average Bonchev–Trinajstić information content (AvgIpc) is 2.49. The van der Waals surface area contributed by atoms with E-state index in [1.807, 2.05) is 17.9 Å². The lowest BCUT2D eigenvalue weighted by Gasteiger charge is -2.34. The molecule has 0 spiro atoms.